The molecule has 0 spiro atoms. The van der Waals surface area contributed by atoms with Crippen LogP contribution in [-0.4, -0.2) is 25.3 Å². The van der Waals surface area contributed by atoms with Crippen molar-refractivity contribution in [3.63, 3.8) is 0 Å². The summed E-state index contributed by atoms with van der Waals surface area (Å²) in [5, 5.41) is 13.6. The van der Waals surface area contributed by atoms with Crippen molar-refractivity contribution >= 4 is 23.1 Å². The number of thiazole rings is 1. The minimum atomic E-state index is 0.484. The number of thioether (sulfide) groups is 1. The Balaban J connectivity index is 1.59. The van der Waals surface area contributed by atoms with Crippen LogP contribution in [0.1, 0.15) is 42.7 Å². The van der Waals surface area contributed by atoms with E-state index in [4.69, 9.17) is 8.94 Å². The van der Waals surface area contributed by atoms with E-state index in [0.29, 0.717) is 28.7 Å². The number of rotatable bonds is 7. The highest BCUT2D eigenvalue weighted by molar-refractivity contribution is 7.98. The molecule has 3 aromatic heterocycles. The number of aromatic nitrogens is 5. The standard InChI is InChI=1S/C15H19N5O2S2/c1-8(2)5-6-11-17-12(22-20-11)7-23-15-19-18-14(21-15)13-9(3)16-10(4)24-13/h8H,5-7H2,1-4H3. The first-order valence-electron chi connectivity index (χ1n) is 7.73. The first kappa shape index (κ1) is 17.1. The topological polar surface area (TPSA) is 90.7 Å². The molecule has 0 fully saturated rings. The van der Waals surface area contributed by atoms with Crippen molar-refractivity contribution < 1.29 is 8.94 Å². The molecule has 7 nitrogen and oxygen atoms in total. The zero-order chi connectivity index (χ0) is 17.1. The average Bonchev–Trinajstić information content (AvgIpc) is 3.23. The molecule has 0 saturated carbocycles. The van der Waals surface area contributed by atoms with Crippen molar-refractivity contribution in [2.24, 2.45) is 5.92 Å². The van der Waals surface area contributed by atoms with E-state index in [-0.39, 0.29) is 0 Å². The number of hydrogen-bond donors (Lipinski definition) is 0. The van der Waals surface area contributed by atoms with Crippen molar-refractivity contribution in [3.05, 3.63) is 22.4 Å². The van der Waals surface area contributed by atoms with E-state index >= 15 is 0 Å². The molecule has 3 rings (SSSR count). The van der Waals surface area contributed by atoms with Gasteiger partial charge in [-0.3, -0.25) is 0 Å². The van der Waals surface area contributed by atoms with E-state index in [1.54, 1.807) is 11.3 Å². The summed E-state index contributed by atoms with van der Waals surface area (Å²) in [4.78, 5) is 9.67. The van der Waals surface area contributed by atoms with Gasteiger partial charge in [0.1, 0.15) is 4.88 Å². The zero-order valence-electron chi connectivity index (χ0n) is 14.1. The predicted octanol–water partition coefficient (Wildman–Crippen LogP) is 4.07. The van der Waals surface area contributed by atoms with E-state index in [0.717, 1.165) is 34.2 Å². The molecule has 0 aromatic carbocycles. The molecule has 0 unspecified atom stereocenters. The van der Waals surface area contributed by atoms with Gasteiger partial charge in [-0.25, -0.2) is 4.98 Å². The summed E-state index contributed by atoms with van der Waals surface area (Å²) in [7, 11) is 0. The minimum Gasteiger partial charge on any atom is -0.410 e. The Morgan fingerprint density at radius 3 is 2.71 bits per heavy atom. The Labute approximate surface area is 148 Å². The largest absolute Gasteiger partial charge is 0.410 e. The van der Waals surface area contributed by atoms with Crippen LogP contribution in [0, 0.1) is 19.8 Å². The van der Waals surface area contributed by atoms with Crippen molar-refractivity contribution in [1.29, 1.82) is 0 Å². The molecular weight excluding hydrogens is 346 g/mol. The van der Waals surface area contributed by atoms with Crippen LogP contribution in [0.3, 0.4) is 0 Å². The fourth-order valence-corrected chi connectivity index (χ4v) is 3.52. The lowest BCUT2D eigenvalue weighted by atomic mass is 10.1. The predicted molar refractivity (Wildman–Crippen MR) is 91.9 cm³/mol. The molecule has 0 aliphatic heterocycles. The highest BCUT2D eigenvalue weighted by Gasteiger charge is 2.16. The number of nitrogens with zero attached hydrogens (tertiary/aromatic N) is 5. The normalized spacial score (nSPS) is 11.5. The molecule has 0 aliphatic rings. The molecule has 3 heterocycles. The lowest BCUT2D eigenvalue weighted by Gasteiger charge is -1.98. The second kappa shape index (κ2) is 7.43. The Hall–Kier alpha value is -1.74. The van der Waals surface area contributed by atoms with E-state index in [2.05, 4.69) is 39.2 Å². The molecule has 0 saturated heterocycles. The van der Waals surface area contributed by atoms with Gasteiger partial charge in [-0.2, -0.15) is 4.98 Å². The van der Waals surface area contributed by atoms with Crippen LogP contribution in [0.5, 0.6) is 0 Å². The van der Waals surface area contributed by atoms with Gasteiger partial charge in [0.2, 0.25) is 5.89 Å². The maximum atomic E-state index is 5.69. The van der Waals surface area contributed by atoms with Gasteiger partial charge in [-0.1, -0.05) is 30.8 Å². The van der Waals surface area contributed by atoms with E-state index in [1.165, 1.54) is 11.8 Å². The van der Waals surface area contributed by atoms with Crippen LogP contribution in [0.2, 0.25) is 0 Å². The molecule has 0 N–H and O–H groups in total. The van der Waals surface area contributed by atoms with Crippen molar-refractivity contribution in [3.8, 4) is 10.8 Å². The molecule has 24 heavy (non-hydrogen) atoms. The maximum absolute atomic E-state index is 5.69. The molecule has 0 amide bonds. The van der Waals surface area contributed by atoms with Gasteiger partial charge >= 0.3 is 0 Å². The van der Waals surface area contributed by atoms with Crippen LogP contribution in [-0.2, 0) is 12.2 Å². The summed E-state index contributed by atoms with van der Waals surface area (Å²) in [5.41, 5.74) is 0.907. The Morgan fingerprint density at radius 1 is 1.17 bits per heavy atom. The summed E-state index contributed by atoms with van der Waals surface area (Å²) in [6.07, 6.45) is 1.88. The molecule has 0 bridgehead atoms. The summed E-state index contributed by atoms with van der Waals surface area (Å²) in [6, 6.07) is 0. The quantitative estimate of drug-likeness (QED) is 0.579. The molecule has 0 aliphatic carbocycles. The van der Waals surface area contributed by atoms with Gasteiger partial charge in [-0.15, -0.1) is 21.5 Å². The van der Waals surface area contributed by atoms with Crippen molar-refractivity contribution in [1.82, 2.24) is 25.3 Å². The summed E-state index contributed by atoms with van der Waals surface area (Å²) in [6.45, 7) is 8.25. The second-order valence-electron chi connectivity index (χ2n) is 5.85. The van der Waals surface area contributed by atoms with Gasteiger partial charge in [0, 0.05) is 6.42 Å². The highest BCUT2D eigenvalue weighted by Crippen LogP contribution is 2.31. The minimum absolute atomic E-state index is 0.484. The number of aryl methyl sites for hydroxylation is 3. The van der Waals surface area contributed by atoms with Crippen LogP contribution < -0.4 is 0 Å². The highest BCUT2D eigenvalue weighted by atomic mass is 32.2. The van der Waals surface area contributed by atoms with Gasteiger partial charge in [-0.05, 0) is 26.2 Å². The van der Waals surface area contributed by atoms with Crippen LogP contribution in [0.4, 0.5) is 0 Å². The van der Waals surface area contributed by atoms with Crippen LogP contribution in [0.15, 0.2) is 14.2 Å². The SMILES string of the molecule is Cc1nc(C)c(-c2nnc(SCc3nc(CCC(C)C)no3)o2)s1. The van der Waals surface area contributed by atoms with Gasteiger partial charge in [0.25, 0.3) is 11.1 Å². The second-order valence-corrected chi connectivity index (χ2v) is 7.98. The lowest BCUT2D eigenvalue weighted by molar-refractivity contribution is 0.382. The average molecular weight is 365 g/mol. The smallest absolute Gasteiger partial charge is 0.277 e. The third-order valence-corrected chi connectivity index (χ3v) is 5.14. The fraction of sp³-hybridized carbons (Fsp3) is 0.533. The van der Waals surface area contributed by atoms with Gasteiger partial charge in [0.05, 0.1) is 16.5 Å². The van der Waals surface area contributed by atoms with Gasteiger partial charge in [0.15, 0.2) is 5.82 Å². The Morgan fingerprint density at radius 2 is 2.00 bits per heavy atom. The molecule has 128 valence electrons. The summed E-state index contributed by atoms with van der Waals surface area (Å²) >= 11 is 2.94. The Kier molecular flexibility index (Phi) is 5.30. The third-order valence-electron chi connectivity index (χ3n) is 3.28. The Bertz CT molecular complexity index is 809. The van der Waals surface area contributed by atoms with Crippen LogP contribution in [0.25, 0.3) is 10.8 Å². The lowest BCUT2D eigenvalue weighted by Crippen LogP contribution is -1.94. The molecule has 9 heteroatoms. The summed E-state index contributed by atoms with van der Waals surface area (Å²) < 4.78 is 10.9. The first-order chi connectivity index (χ1) is 11.5. The first-order valence-corrected chi connectivity index (χ1v) is 9.53. The van der Waals surface area contributed by atoms with Crippen molar-refractivity contribution in [2.45, 2.75) is 51.5 Å². The third kappa shape index (κ3) is 4.21. The van der Waals surface area contributed by atoms with Gasteiger partial charge < -0.3 is 8.94 Å². The molecular formula is C15H19N5O2S2. The van der Waals surface area contributed by atoms with E-state index < -0.39 is 0 Å². The van der Waals surface area contributed by atoms with Crippen molar-refractivity contribution in [2.75, 3.05) is 0 Å². The molecule has 0 radical (unpaired) electrons. The van der Waals surface area contributed by atoms with Crippen LogP contribution >= 0.6 is 23.1 Å². The molecule has 0 atom stereocenters. The summed E-state index contributed by atoms with van der Waals surface area (Å²) in [5.74, 6) is 2.96. The zero-order valence-corrected chi connectivity index (χ0v) is 15.7. The van der Waals surface area contributed by atoms with E-state index in [9.17, 15) is 0 Å². The number of hydrogen-bond acceptors (Lipinski definition) is 9. The van der Waals surface area contributed by atoms with E-state index in [1.807, 2.05) is 13.8 Å². The maximum Gasteiger partial charge on any atom is 0.277 e. The molecule has 3 aromatic rings. The monoisotopic (exact) mass is 365 g/mol. The fourth-order valence-electron chi connectivity index (χ4n) is 2.08.